The molecule has 0 saturated heterocycles. The second-order valence-corrected chi connectivity index (χ2v) is 3.53. The van der Waals surface area contributed by atoms with Crippen molar-refractivity contribution in [3.05, 3.63) is 41.3 Å². The van der Waals surface area contributed by atoms with Gasteiger partial charge in [0.25, 0.3) is 10.1 Å². The van der Waals surface area contributed by atoms with Gasteiger partial charge in [-0.15, -0.1) is 0 Å². The van der Waals surface area contributed by atoms with Crippen LogP contribution < -0.4 is 0 Å². The van der Waals surface area contributed by atoms with Crippen molar-refractivity contribution >= 4 is 312 Å². The van der Waals surface area contributed by atoms with Crippen LogP contribution in [0.1, 0.15) is 5.56 Å². The Morgan fingerprint density at radius 3 is 1.27 bits per heavy atom. The topological polar surface area (TPSA) is 54.4 Å². The summed E-state index contributed by atoms with van der Waals surface area (Å²) in [7, 11) is -4.00. The van der Waals surface area contributed by atoms with E-state index in [4.69, 9.17) is 4.55 Å². The van der Waals surface area contributed by atoms with E-state index in [2.05, 4.69) is 0 Å². The van der Waals surface area contributed by atoms with Crippen LogP contribution in [-0.2, 0) is 10.1 Å². The summed E-state index contributed by atoms with van der Waals surface area (Å²) in [6.45, 7) is 0. The van der Waals surface area contributed by atoms with Gasteiger partial charge in [0.15, 0.2) is 0 Å². The summed E-state index contributed by atoms with van der Waals surface area (Å²) in [6, 6.07) is 8.86. The number of hydrogen-bond acceptors (Lipinski definition) is 2. The van der Waals surface area contributed by atoms with Crippen LogP contribution in [0.5, 0.6) is 0 Å². The molecule has 0 radical (unpaired) electrons. The van der Waals surface area contributed by atoms with Crippen molar-refractivity contribution in [1.82, 2.24) is 0 Å². The van der Waals surface area contributed by atoms with Crippen LogP contribution in [0.2, 0.25) is 0 Å². The molecule has 0 atom stereocenters. The molecule has 0 aromatic heterocycles. The third-order valence-electron chi connectivity index (χ3n) is 1.23. The van der Waals surface area contributed by atoms with Crippen LogP contribution >= 0.6 is 0 Å². The summed E-state index contributed by atoms with van der Waals surface area (Å²) < 4.78 is 28.9. The number of benzene rings is 1. The Kier molecular flexibility index (Phi) is 116. The predicted molar refractivity (Wildman–Crippen MR) is 119 cm³/mol. The second-order valence-electron chi connectivity index (χ2n) is 2.23. The van der Waals surface area contributed by atoms with Crippen LogP contribution in [-0.4, -0.2) is 309 Å². The molecule has 84 valence electrons. The first-order valence-electron chi connectivity index (χ1n) is 3.28. The fourth-order valence-electron chi connectivity index (χ4n) is 0.729. The van der Waals surface area contributed by atoms with E-state index in [1.807, 2.05) is 6.07 Å². The zero-order chi connectivity index (χ0) is 9.03. The van der Waals surface area contributed by atoms with E-state index in [1.165, 1.54) is 6.08 Å². The van der Waals surface area contributed by atoms with E-state index in [0.717, 1.165) is 11.0 Å². The Hall–Kier alpha value is 8.87. The Balaban J connectivity index is -0.0000000180. The van der Waals surface area contributed by atoms with Gasteiger partial charge < -0.3 is 0 Å². The molecule has 0 bridgehead atoms. The minimum atomic E-state index is -4.00. The molecular formula is C8H18Na10O3S. The van der Waals surface area contributed by atoms with Crippen molar-refractivity contribution in [3.63, 3.8) is 0 Å². The molecule has 0 heterocycles. The van der Waals surface area contributed by atoms with Crippen molar-refractivity contribution in [2.45, 2.75) is 0 Å². The van der Waals surface area contributed by atoms with E-state index in [9.17, 15) is 8.42 Å². The van der Waals surface area contributed by atoms with Gasteiger partial charge in [-0.3, -0.25) is 4.55 Å². The molecule has 0 spiro atoms. The summed E-state index contributed by atoms with van der Waals surface area (Å²) >= 11 is 0. The quantitative estimate of drug-likeness (QED) is 0.383. The van der Waals surface area contributed by atoms with Gasteiger partial charge in [-0.2, -0.15) is 8.42 Å². The standard InChI is InChI=1S/C8H8O3S.10Na.10H/c9-12(10,11)7-6-8-4-2-1-3-5-8;;;;;;;;;;;;;;;;;;;;/h1-7H,(H,9,10,11);;;;;;;;;;;;;;;;;;;;. The van der Waals surface area contributed by atoms with Gasteiger partial charge in [-0.05, 0) is 11.6 Å². The summed E-state index contributed by atoms with van der Waals surface area (Å²) in [6.07, 6.45) is 1.33. The Labute approximate surface area is 355 Å². The van der Waals surface area contributed by atoms with Gasteiger partial charge in [0.1, 0.15) is 0 Å². The van der Waals surface area contributed by atoms with Crippen LogP contribution in [0.15, 0.2) is 35.7 Å². The third-order valence-corrected chi connectivity index (χ3v) is 1.71. The van der Waals surface area contributed by atoms with Gasteiger partial charge in [0.2, 0.25) is 0 Å². The van der Waals surface area contributed by atoms with E-state index >= 15 is 0 Å². The average molecular weight is 424 g/mol. The van der Waals surface area contributed by atoms with Crippen LogP contribution in [0.25, 0.3) is 6.08 Å². The van der Waals surface area contributed by atoms with Crippen LogP contribution in [0.3, 0.4) is 0 Å². The molecule has 0 aliphatic carbocycles. The first-order chi connectivity index (χ1) is 5.58. The molecular weight excluding hydrogens is 406 g/mol. The van der Waals surface area contributed by atoms with Crippen molar-refractivity contribution in [2.24, 2.45) is 0 Å². The zero-order valence-electron chi connectivity index (χ0n) is 6.21. The fraction of sp³-hybridized carbons (Fsp3) is 0. The molecule has 0 aliphatic heterocycles. The van der Waals surface area contributed by atoms with Gasteiger partial charge >= 0.3 is 296 Å². The maximum absolute atomic E-state index is 10.3. The van der Waals surface area contributed by atoms with Crippen molar-refractivity contribution in [1.29, 1.82) is 0 Å². The number of hydrogen-bond donors (Lipinski definition) is 1. The Bertz CT molecular complexity index is 386. The maximum atomic E-state index is 10.3. The monoisotopic (exact) mass is 424 g/mol. The van der Waals surface area contributed by atoms with Crippen molar-refractivity contribution in [3.8, 4) is 0 Å². The molecule has 1 aromatic rings. The molecule has 0 fully saturated rings. The minimum absolute atomic E-state index is 0. The van der Waals surface area contributed by atoms with Gasteiger partial charge in [0.05, 0.1) is 5.41 Å². The normalized spacial score (nSPS) is 6.59. The van der Waals surface area contributed by atoms with E-state index in [-0.39, 0.29) is 296 Å². The van der Waals surface area contributed by atoms with Crippen LogP contribution in [0.4, 0.5) is 0 Å². The SMILES string of the molecule is O=S(=O)(O)C=Cc1ccccc1.[NaH].[NaH].[NaH].[NaH].[NaH].[NaH].[NaH].[NaH].[NaH].[NaH]. The molecule has 1 rings (SSSR count). The molecule has 0 amide bonds. The second kappa shape index (κ2) is 40.3. The molecule has 1 aromatic carbocycles. The van der Waals surface area contributed by atoms with Crippen LogP contribution in [0, 0.1) is 0 Å². The molecule has 0 saturated carbocycles. The molecule has 22 heavy (non-hydrogen) atoms. The molecule has 0 aliphatic rings. The van der Waals surface area contributed by atoms with E-state index < -0.39 is 10.1 Å². The van der Waals surface area contributed by atoms with Crippen molar-refractivity contribution in [2.75, 3.05) is 0 Å². The zero-order valence-corrected chi connectivity index (χ0v) is 7.03. The third kappa shape index (κ3) is 42.9. The summed E-state index contributed by atoms with van der Waals surface area (Å²) in [4.78, 5) is 0. The Morgan fingerprint density at radius 1 is 0.682 bits per heavy atom. The van der Waals surface area contributed by atoms with E-state index in [0.29, 0.717) is 0 Å². The first-order valence-corrected chi connectivity index (χ1v) is 4.79. The van der Waals surface area contributed by atoms with Gasteiger partial charge in [-0.1, -0.05) is 30.3 Å². The average Bonchev–Trinajstić information content (AvgIpc) is 2.02. The molecule has 1 N–H and O–H groups in total. The summed E-state index contributed by atoms with van der Waals surface area (Å²) in [5.41, 5.74) is 0.732. The Morgan fingerprint density at radius 2 is 1.00 bits per heavy atom. The molecule has 3 nitrogen and oxygen atoms in total. The number of rotatable bonds is 2. The van der Waals surface area contributed by atoms with Gasteiger partial charge in [-0.25, -0.2) is 0 Å². The van der Waals surface area contributed by atoms with Crippen molar-refractivity contribution < 1.29 is 13.0 Å². The van der Waals surface area contributed by atoms with E-state index in [1.54, 1.807) is 24.3 Å². The predicted octanol–water partition coefficient (Wildman–Crippen LogP) is -4.94. The molecule has 14 heteroatoms. The molecule has 0 unspecified atom stereocenters. The first kappa shape index (κ1) is 63.2. The summed E-state index contributed by atoms with van der Waals surface area (Å²) in [5.74, 6) is 0. The fourth-order valence-corrected chi connectivity index (χ4v) is 1.06. The van der Waals surface area contributed by atoms with Gasteiger partial charge in [0, 0.05) is 0 Å². The summed E-state index contributed by atoms with van der Waals surface area (Å²) in [5, 5.41) is 0.752.